The van der Waals surface area contributed by atoms with Crippen molar-refractivity contribution in [3.8, 4) is 0 Å². The van der Waals surface area contributed by atoms with E-state index in [4.69, 9.17) is 0 Å². The average Bonchev–Trinajstić information content (AvgIpc) is 2.99. The lowest BCUT2D eigenvalue weighted by Crippen LogP contribution is -2.39. The van der Waals surface area contributed by atoms with Crippen molar-refractivity contribution in [3.05, 3.63) is 63.1 Å². The summed E-state index contributed by atoms with van der Waals surface area (Å²) < 4.78 is 4.62. The number of fused-ring (bicyclic) bond motifs is 1. The van der Waals surface area contributed by atoms with E-state index in [1.165, 1.54) is 17.2 Å². The molecular formula is C18H22N4O2. The molecule has 1 aromatic carbocycles. The SMILES string of the molecule is CC(C)Cn1c(=O)n(C)c(=O)c2c1ncn2CCc1ccccc1. The molecule has 0 amide bonds. The monoisotopic (exact) mass is 326 g/mol. The minimum Gasteiger partial charge on any atom is -0.324 e. The first-order valence-electron chi connectivity index (χ1n) is 8.17. The average molecular weight is 326 g/mol. The first-order valence-corrected chi connectivity index (χ1v) is 8.17. The van der Waals surface area contributed by atoms with Crippen LogP contribution in [0.15, 0.2) is 46.2 Å². The number of imidazole rings is 1. The number of rotatable bonds is 5. The number of hydrogen-bond donors (Lipinski definition) is 0. The summed E-state index contributed by atoms with van der Waals surface area (Å²) in [5.41, 5.74) is 1.57. The van der Waals surface area contributed by atoms with Crippen molar-refractivity contribution in [2.45, 2.75) is 33.4 Å². The molecule has 0 radical (unpaired) electrons. The molecule has 6 heteroatoms. The Kier molecular flexibility index (Phi) is 4.38. The van der Waals surface area contributed by atoms with Gasteiger partial charge in [0.1, 0.15) is 0 Å². The molecule has 0 aliphatic heterocycles. The fraction of sp³-hybridized carbons (Fsp3) is 0.389. The van der Waals surface area contributed by atoms with E-state index in [-0.39, 0.29) is 17.2 Å². The van der Waals surface area contributed by atoms with Crippen molar-refractivity contribution < 1.29 is 0 Å². The number of aryl methyl sites for hydroxylation is 2. The van der Waals surface area contributed by atoms with Crippen LogP contribution in [0.1, 0.15) is 19.4 Å². The summed E-state index contributed by atoms with van der Waals surface area (Å²) in [6, 6.07) is 10.1. The van der Waals surface area contributed by atoms with Crippen molar-refractivity contribution in [1.29, 1.82) is 0 Å². The van der Waals surface area contributed by atoms with Crippen molar-refractivity contribution in [1.82, 2.24) is 18.7 Å². The van der Waals surface area contributed by atoms with Crippen molar-refractivity contribution >= 4 is 11.2 Å². The van der Waals surface area contributed by atoms with E-state index in [1.54, 1.807) is 10.9 Å². The van der Waals surface area contributed by atoms with E-state index >= 15 is 0 Å². The lowest BCUT2D eigenvalue weighted by atomic mass is 10.1. The fourth-order valence-corrected chi connectivity index (χ4v) is 2.90. The van der Waals surface area contributed by atoms with Crippen molar-refractivity contribution in [2.75, 3.05) is 0 Å². The van der Waals surface area contributed by atoms with Crippen LogP contribution in [0.2, 0.25) is 0 Å². The predicted molar refractivity (Wildman–Crippen MR) is 94.2 cm³/mol. The lowest BCUT2D eigenvalue weighted by molar-refractivity contribution is 0.499. The molecule has 126 valence electrons. The number of nitrogens with zero attached hydrogens (tertiary/aromatic N) is 4. The summed E-state index contributed by atoms with van der Waals surface area (Å²) in [5.74, 6) is 0.290. The first-order chi connectivity index (χ1) is 11.5. The molecule has 0 unspecified atom stereocenters. The maximum absolute atomic E-state index is 12.6. The molecule has 6 nitrogen and oxygen atoms in total. The molecule has 0 aliphatic rings. The molecule has 24 heavy (non-hydrogen) atoms. The van der Waals surface area contributed by atoms with Crippen molar-refractivity contribution in [3.63, 3.8) is 0 Å². The third kappa shape index (κ3) is 2.91. The van der Waals surface area contributed by atoms with Gasteiger partial charge in [-0.2, -0.15) is 0 Å². The van der Waals surface area contributed by atoms with E-state index in [1.807, 2.05) is 36.6 Å². The molecule has 2 heterocycles. The quantitative estimate of drug-likeness (QED) is 0.718. The summed E-state index contributed by atoms with van der Waals surface area (Å²) in [5, 5.41) is 0. The van der Waals surface area contributed by atoms with E-state index in [0.29, 0.717) is 24.3 Å². The van der Waals surface area contributed by atoms with Gasteiger partial charge in [0, 0.05) is 20.1 Å². The smallest absolute Gasteiger partial charge is 0.324 e. The number of benzene rings is 1. The number of hydrogen-bond acceptors (Lipinski definition) is 3. The van der Waals surface area contributed by atoms with Gasteiger partial charge >= 0.3 is 5.69 Å². The zero-order chi connectivity index (χ0) is 17.3. The van der Waals surface area contributed by atoms with E-state index in [9.17, 15) is 9.59 Å². The normalized spacial score (nSPS) is 11.5. The molecule has 0 atom stereocenters. The van der Waals surface area contributed by atoms with Gasteiger partial charge < -0.3 is 4.57 Å². The Hall–Kier alpha value is -2.63. The molecule has 0 bridgehead atoms. The molecule has 3 rings (SSSR count). The highest BCUT2D eigenvalue weighted by molar-refractivity contribution is 5.70. The van der Waals surface area contributed by atoms with Gasteiger partial charge in [0.15, 0.2) is 11.2 Å². The summed E-state index contributed by atoms with van der Waals surface area (Å²) in [6.45, 7) is 5.26. The summed E-state index contributed by atoms with van der Waals surface area (Å²) in [4.78, 5) is 29.3. The topological polar surface area (TPSA) is 61.8 Å². The van der Waals surface area contributed by atoms with Gasteiger partial charge in [-0.15, -0.1) is 0 Å². The zero-order valence-corrected chi connectivity index (χ0v) is 14.3. The molecular weight excluding hydrogens is 304 g/mol. The molecule has 0 saturated heterocycles. The van der Waals surface area contributed by atoms with Crippen LogP contribution in [0.4, 0.5) is 0 Å². The zero-order valence-electron chi connectivity index (χ0n) is 14.3. The molecule has 0 spiro atoms. The molecule has 0 N–H and O–H groups in total. The Bertz CT molecular complexity index is 964. The molecule has 0 aliphatic carbocycles. The second-order valence-corrected chi connectivity index (χ2v) is 6.50. The highest BCUT2D eigenvalue weighted by Crippen LogP contribution is 2.10. The van der Waals surface area contributed by atoms with Gasteiger partial charge in [-0.25, -0.2) is 9.78 Å². The van der Waals surface area contributed by atoms with Crippen LogP contribution in [0.3, 0.4) is 0 Å². The maximum atomic E-state index is 12.6. The van der Waals surface area contributed by atoms with Gasteiger partial charge in [-0.05, 0) is 17.9 Å². The van der Waals surface area contributed by atoms with Gasteiger partial charge in [-0.3, -0.25) is 13.9 Å². The van der Waals surface area contributed by atoms with Crippen LogP contribution >= 0.6 is 0 Å². The highest BCUT2D eigenvalue weighted by Gasteiger charge is 2.16. The molecule has 3 aromatic rings. The van der Waals surface area contributed by atoms with E-state index in [0.717, 1.165) is 6.42 Å². The van der Waals surface area contributed by atoms with Crippen LogP contribution in [0, 0.1) is 5.92 Å². The highest BCUT2D eigenvalue weighted by atomic mass is 16.2. The Morgan fingerprint density at radius 1 is 1.12 bits per heavy atom. The van der Waals surface area contributed by atoms with Crippen LogP contribution in [-0.2, 0) is 26.6 Å². The van der Waals surface area contributed by atoms with Crippen LogP contribution in [0.5, 0.6) is 0 Å². The lowest BCUT2D eigenvalue weighted by Gasteiger charge is -2.12. The fourth-order valence-electron chi connectivity index (χ4n) is 2.90. The Labute approximate surface area is 140 Å². The minimum atomic E-state index is -0.311. The second kappa shape index (κ2) is 6.47. The van der Waals surface area contributed by atoms with E-state index in [2.05, 4.69) is 17.1 Å². The molecule has 2 aromatic heterocycles. The van der Waals surface area contributed by atoms with Gasteiger partial charge in [0.05, 0.1) is 6.33 Å². The summed E-state index contributed by atoms with van der Waals surface area (Å²) in [6.07, 6.45) is 2.46. The molecule has 0 saturated carbocycles. The van der Waals surface area contributed by atoms with Crippen LogP contribution < -0.4 is 11.2 Å². The second-order valence-electron chi connectivity index (χ2n) is 6.50. The third-order valence-corrected chi connectivity index (χ3v) is 4.13. The van der Waals surface area contributed by atoms with Crippen LogP contribution in [-0.4, -0.2) is 18.7 Å². The Balaban J connectivity index is 2.06. The van der Waals surface area contributed by atoms with E-state index < -0.39 is 0 Å². The summed E-state index contributed by atoms with van der Waals surface area (Å²) in [7, 11) is 1.52. The van der Waals surface area contributed by atoms with Gasteiger partial charge in [0.25, 0.3) is 5.56 Å². The van der Waals surface area contributed by atoms with Crippen molar-refractivity contribution in [2.24, 2.45) is 13.0 Å². The predicted octanol–water partition coefficient (Wildman–Crippen LogP) is 1.80. The van der Waals surface area contributed by atoms with Crippen LogP contribution in [0.25, 0.3) is 11.2 Å². The summed E-state index contributed by atoms with van der Waals surface area (Å²) >= 11 is 0. The van der Waals surface area contributed by atoms with Gasteiger partial charge in [-0.1, -0.05) is 44.2 Å². The maximum Gasteiger partial charge on any atom is 0.332 e. The largest absolute Gasteiger partial charge is 0.332 e. The van der Waals surface area contributed by atoms with Gasteiger partial charge in [0.2, 0.25) is 0 Å². The Morgan fingerprint density at radius 3 is 2.50 bits per heavy atom. The first kappa shape index (κ1) is 16.2. The minimum absolute atomic E-state index is 0.290. The Morgan fingerprint density at radius 2 is 1.83 bits per heavy atom. The number of aromatic nitrogens is 4. The third-order valence-electron chi connectivity index (χ3n) is 4.13. The standard InChI is InChI=1S/C18H22N4O2/c1-13(2)11-22-16-15(17(23)20(3)18(22)24)21(12-19-16)10-9-14-7-5-4-6-8-14/h4-8,12-13H,9-11H2,1-3H3. The molecule has 0 fully saturated rings.